The molecule has 0 saturated heterocycles. The van der Waals surface area contributed by atoms with Crippen molar-refractivity contribution in [2.45, 2.75) is 0 Å². The molecule has 0 aliphatic carbocycles. The highest BCUT2D eigenvalue weighted by Crippen LogP contribution is 2.13. The van der Waals surface area contributed by atoms with E-state index >= 15 is 0 Å². The van der Waals surface area contributed by atoms with Gasteiger partial charge in [-0.25, -0.2) is 4.79 Å². The molecule has 0 amide bonds. The quantitative estimate of drug-likeness (QED) is 0.305. The molecule has 7 nitrogen and oxygen atoms in total. The van der Waals surface area contributed by atoms with Gasteiger partial charge in [0.2, 0.25) is 0 Å². The minimum atomic E-state index is -0.737. The lowest BCUT2D eigenvalue weighted by molar-refractivity contribution is -0.384. The van der Waals surface area contributed by atoms with Crippen LogP contribution in [0.25, 0.3) is 0 Å². The zero-order valence-electron chi connectivity index (χ0n) is 10.1. The van der Waals surface area contributed by atoms with Crippen molar-refractivity contribution < 1.29 is 14.6 Å². The summed E-state index contributed by atoms with van der Waals surface area (Å²) >= 11 is 1.36. The molecule has 1 aromatic carbocycles. The van der Waals surface area contributed by atoms with Crippen molar-refractivity contribution in [3.63, 3.8) is 0 Å². The first-order valence-corrected chi connectivity index (χ1v) is 6.29. The van der Waals surface area contributed by atoms with Crippen molar-refractivity contribution in [1.29, 1.82) is 0 Å². The summed E-state index contributed by atoms with van der Waals surface area (Å²) in [7, 11) is 0. The summed E-state index contributed by atoms with van der Waals surface area (Å²) < 4.78 is 0. The molecule has 102 valence electrons. The number of carbonyl (C=O) groups excluding carboxylic acids is 1. The maximum atomic E-state index is 11.6. The molecule has 2 N–H and O–H groups in total. The Morgan fingerprint density at radius 3 is 2.55 bits per heavy atom. The summed E-state index contributed by atoms with van der Waals surface area (Å²) in [5.41, 5.74) is 5.67. The Labute approximate surface area is 117 Å². The summed E-state index contributed by atoms with van der Waals surface area (Å²) in [6, 6.07) is 8.53. The zero-order chi connectivity index (χ0) is 14.5. The molecule has 2 aromatic rings. The second kappa shape index (κ2) is 5.93. The smallest absolute Gasteiger partial charge is 0.365 e. The summed E-state index contributed by atoms with van der Waals surface area (Å²) in [6.45, 7) is 0. The van der Waals surface area contributed by atoms with Crippen molar-refractivity contribution in [2.75, 3.05) is 0 Å². The molecular formula is C12H9N3O4S. The number of hydrogen-bond donors (Lipinski definition) is 1. The lowest BCUT2D eigenvalue weighted by atomic mass is 10.2. The van der Waals surface area contributed by atoms with Crippen molar-refractivity contribution >= 4 is 28.8 Å². The normalized spacial score (nSPS) is 11.1. The molecular weight excluding hydrogens is 282 g/mol. The van der Waals surface area contributed by atoms with Gasteiger partial charge in [0.25, 0.3) is 5.69 Å². The van der Waals surface area contributed by atoms with Crippen molar-refractivity contribution in [3.05, 3.63) is 62.3 Å². The summed E-state index contributed by atoms with van der Waals surface area (Å²) in [5, 5.41) is 15.8. The maximum absolute atomic E-state index is 11.6. The molecule has 0 unspecified atom stereocenters. The van der Waals surface area contributed by atoms with Crippen LogP contribution < -0.4 is 5.73 Å². The number of nitrogens with two attached hydrogens (primary N) is 1. The van der Waals surface area contributed by atoms with Gasteiger partial charge in [-0.1, -0.05) is 11.2 Å². The number of nitro benzene ring substituents is 1. The number of thiophene rings is 1. The van der Waals surface area contributed by atoms with Crippen LogP contribution in [0.1, 0.15) is 15.2 Å². The van der Waals surface area contributed by atoms with Crippen LogP contribution in [-0.4, -0.2) is 16.7 Å². The van der Waals surface area contributed by atoms with E-state index in [4.69, 9.17) is 5.73 Å². The third kappa shape index (κ3) is 3.18. The second-order valence-electron chi connectivity index (χ2n) is 3.64. The zero-order valence-corrected chi connectivity index (χ0v) is 10.9. The number of non-ortho nitro benzene ring substituents is 1. The highest BCUT2D eigenvalue weighted by atomic mass is 32.1. The Balaban J connectivity index is 2.05. The first-order chi connectivity index (χ1) is 9.58. The van der Waals surface area contributed by atoms with Crippen LogP contribution in [0, 0.1) is 10.1 Å². The Hall–Kier alpha value is -2.74. The fraction of sp³-hybridized carbons (Fsp3) is 0. The molecule has 0 radical (unpaired) electrons. The lowest BCUT2D eigenvalue weighted by Gasteiger charge is -1.99. The average molecular weight is 291 g/mol. The van der Waals surface area contributed by atoms with Crippen LogP contribution in [0.3, 0.4) is 0 Å². The van der Waals surface area contributed by atoms with Gasteiger partial charge >= 0.3 is 5.97 Å². The van der Waals surface area contributed by atoms with Gasteiger partial charge in [0.15, 0.2) is 5.84 Å². The third-order valence-corrected chi connectivity index (χ3v) is 3.21. The standard InChI is InChI=1S/C12H9N3O4S/c13-11(10-2-1-7-20-10)14-19-12(16)8-3-5-9(6-4-8)15(17)18/h1-7H,(H2,13,14). The SMILES string of the molecule is N/C(=N\OC(=O)c1ccc([N+](=O)[O-])cc1)c1cccs1. The van der Waals surface area contributed by atoms with E-state index in [1.54, 1.807) is 12.1 Å². The summed E-state index contributed by atoms with van der Waals surface area (Å²) in [4.78, 5) is 26.9. The molecule has 0 saturated carbocycles. The summed E-state index contributed by atoms with van der Waals surface area (Å²) in [5.74, 6) is -0.644. The summed E-state index contributed by atoms with van der Waals surface area (Å²) in [6.07, 6.45) is 0. The molecule has 1 heterocycles. The van der Waals surface area contributed by atoms with Crippen molar-refractivity contribution in [1.82, 2.24) is 0 Å². The van der Waals surface area contributed by atoms with Gasteiger partial charge < -0.3 is 10.6 Å². The molecule has 1 aromatic heterocycles. The number of oxime groups is 1. The minimum absolute atomic E-state index is 0.0928. The van der Waals surface area contributed by atoms with E-state index in [0.717, 1.165) is 0 Å². The number of rotatable bonds is 4. The van der Waals surface area contributed by atoms with E-state index in [1.807, 2.05) is 5.38 Å². The van der Waals surface area contributed by atoms with Crippen LogP contribution in [0.5, 0.6) is 0 Å². The van der Waals surface area contributed by atoms with Gasteiger partial charge in [-0.15, -0.1) is 11.3 Å². The first kappa shape index (κ1) is 13.7. The van der Waals surface area contributed by atoms with E-state index < -0.39 is 10.9 Å². The highest BCUT2D eigenvalue weighted by molar-refractivity contribution is 7.12. The van der Waals surface area contributed by atoms with Crippen LogP contribution in [0.15, 0.2) is 46.9 Å². The van der Waals surface area contributed by atoms with Crippen LogP contribution in [-0.2, 0) is 4.84 Å². The van der Waals surface area contributed by atoms with Gasteiger partial charge in [-0.2, -0.15) is 0 Å². The van der Waals surface area contributed by atoms with Crippen LogP contribution in [0.2, 0.25) is 0 Å². The Kier molecular flexibility index (Phi) is 4.06. The maximum Gasteiger partial charge on any atom is 0.365 e. The number of amidine groups is 1. The van der Waals surface area contributed by atoms with E-state index in [1.165, 1.54) is 35.6 Å². The minimum Gasteiger partial charge on any atom is -0.380 e. The van der Waals surface area contributed by atoms with Crippen LogP contribution in [0.4, 0.5) is 5.69 Å². The van der Waals surface area contributed by atoms with E-state index in [-0.39, 0.29) is 17.1 Å². The molecule has 0 bridgehead atoms. The van der Waals surface area contributed by atoms with Crippen molar-refractivity contribution in [2.24, 2.45) is 10.9 Å². The first-order valence-electron chi connectivity index (χ1n) is 5.41. The predicted octanol–water partition coefficient (Wildman–Crippen LogP) is 2.13. The van der Waals surface area contributed by atoms with Crippen LogP contribution >= 0.6 is 11.3 Å². The second-order valence-corrected chi connectivity index (χ2v) is 4.58. The molecule has 0 atom stereocenters. The highest BCUT2D eigenvalue weighted by Gasteiger charge is 2.11. The van der Waals surface area contributed by atoms with Gasteiger partial charge in [0.05, 0.1) is 15.4 Å². The largest absolute Gasteiger partial charge is 0.380 e. The Morgan fingerprint density at radius 1 is 1.30 bits per heavy atom. The average Bonchev–Trinajstić information content (AvgIpc) is 2.98. The monoisotopic (exact) mass is 291 g/mol. The Bertz CT molecular complexity index is 650. The third-order valence-electron chi connectivity index (χ3n) is 2.31. The van der Waals surface area contributed by atoms with E-state index in [2.05, 4.69) is 9.99 Å². The molecule has 2 rings (SSSR count). The fourth-order valence-corrected chi connectivity index (χ4v) is 1.95. The molecule has 0 spiro atoms. The van der Waals surface area contributed by atoms with Crippen molar-refractivity contribution in [3.8, 4) is 0 Å². The predicted molar refractivity (Wildman–Crippen MR) is 73.6 cm³/mol. The van der Waals surface area contributed by atoms with E-state index in [9.17, 15) is 14.9 Å². The van der Waals surface area contributed by atoms with Gasteiger partial charge in [-0.05, 0) is 23.6 Å². The Morgan fingerprint density at radius 2 is 2.00 bits per heavy atom. The molecule has 0 fully saturated rings. The molecule has 8 heteroatoms. The number of benzene rings is 1. The molecule has 0 aliphatic heterocycles. The number of carbonyl (C=O) groups is 1. The molecule has 0 aliphatic rings. The fourth-order valence-electron chi connectivity index (χ4n) is 1.33. The molecule has 20 heavy (non-hydrogen) atoms. The number of hydrogen-bond acceptors (Lipinski definition) is 6. The van der Waals surface area contributed by atoms with Gasteiger partial charge in [0.1, 0.15) is 0 Å². The van der Waals surface area contributed by atoms with E-state index in [0.29, 0.717) is 4.88 Å². The van der Waals surface area contributed by atoms with Gasteiger partial charge in [0, 0.05) is 12.1 Å². The number of nitro groups is 1. The van der Waals surface area contributed by atoms with Gasteiger partial charge in [-0.3, -0.25) is 10.1 Å². The lowest BCUT2D eigenvalue weighted by Crippen LogP contribution is -2.13. The topological polar surface area (TPSA) is 108 Å². The number of nitrogens with zero attached hydrogens (tertiary/aromatic N) is 2.